The number of nitrogens with zero attached hydrogens (tertiary/aromatic N) is 1. The van der Waals surface area contributed by atoms with Gasteiger partial charge in [-0.05, 0) is 46.5 Å². The van der Waals surface area contributed by atoms with Gasteiger partial charge in [0.15, 0.2) is 0 Å². The van der Waals surface area contributed by atoms with Crippen LogP contribution in [0.25, 0.3) is 0 Å². The molecule has 7 nitrogen and oxygen atoms in total. The Labute approximate surface area is 132 Å². The molecule has 4 N–H and O–H groups in total. The number of nitrogens with one attached hydrogen (secondary N) is 1. The van der Waals surface area contributed by atoms with E-state index >= 15 is 0 Å². The van der Waals surface area contributed by atoms with E-state index in [2.05, 4.69) is 0 Å². The van der Waals surface area contributed by atoms with E-state index in [1.807, 2.05) is 27.7 Å². The standard InChI is InChI=1S/C13H25N3O2.C2H4O2/c1-9-7-10(8-11(14)15)5-6-16(9)12(17)18-13(2,3)4;1-2(3)4/h9-10H,5-8H2,1-4H3,(H3,14,15);1H3,(H,3,4). The Hall–Kier alpha value is -1.79. The van der Waals surface area contributed by atoms with Gasteiger partial charge in [0.1, 0.15) is 5.60 Å². The van der Waals surface area contributed by atoms with Crippen molar-refractivity contribution in [2.24, 2.45) is 11.7 Å². The number of aliphatic carboxylic acids is 1. The summed E-state index contributed by atoms with van der Waals surface area (Å²) in [5.41, 5.74) is 4.97. The number of hydrogen-bond donors (Lipinski definition) is 3. The molecule has 1 amide bonds. The SMILES string of the molecule is CC(=O)O.CC1CC(CC(=N)N)CCN1C(=O)OC(C)(C)C. The van der Waals surface area contributed by atoms with Crippen molar-refractivity contribution >= 4 is 17.9 Å². The lowest BCUT2D eigenvalue weighted by Crippen LogP contribution is -2.47. The van der Waals surface area contributed by atoms with Crippen molar-refractivity contribution in [3.63, 3.8) is 0 Å². The molecule has 0 aliphatic carbocycles. The molecule has 0 aromatic rings. The number of rotatable bonds is 2. The highest BCUT2D eigenvalue weighted by Gasteiger charge is 2.31. The van der Waals surface area contributed by atoms with Crippen molar-refractivity contribution in [3.05, 3.63) is 0 Å². The van der Waals surface area contributed by atoms with Gasteiger partial charge in [0.2, 0.25) is 0 Å². The van der Waals surface area contributed by atoms with Gasteiger partial charge in [-0.1, -0.05) is 0 Å². The number of carbonyl (C=O) groups is 2. The zero-order chi connectivity index (χ0) is 17.5. The zero-order valence-electron chi connectivity index (χ0n) is 14.2. The van der Waals surface area contributed by atoms with E-state index in [9.17, 15) is 4.79 Å². The Morgan fingerprint density at radius 3 is 2.27 bits per heavy atom. The number of carbonyl (C=O) groups excluding carboxylic acids is 1. The van der Waals surface area contributed by atoms with E-state index in [0.717, 1.165) is 19.8 Å². The monoisotopic (exact) mass is 315 g/mol. The minimum Gasteiger partial charge on any atom is -0.481 e. The number of amidine groups is 1. The van der Waals surface area contributed by atoms with Crippen molar-refractivity contribution in [3.8, 4) is 0 Å². The van der Waals surface area contributed by atoms with E-state index in [1.54, 1.807) is 4.90 Å². The summed E-state index contributed by atoms with van der Waals surface area (Å²) in [5, 5.41) is 14.7. The second kappa shape index (κ2) is 8.60. The molecule has 128 valence electrons. The minimum atomic E-state index is -0.833. The average molecular weight is 315 g/mol. The van der Waals surface area contributed by atoms with Crippen molar-refractivity contribution in [2.75, 3.05) is 6.54 Å². The molecular formula is C15H29N3O4. The van der Waals surface area contributed by atoms with Crippen LogP contribution in [0.4, 0.5) is 4.79 Å². The Morgan fingerprint density at radius 2 is 1.91 bits per heavy atom. The molecule has 22 heavy (non-hydrogen) atoms. The number of amides is 1. The molecule has 1 heterocycles. The summed E-state index contributed by atoms with van der Waals surface area (Å²) in [6.07, 6.45) is 2.17. The maximum Gasteiger partial charge on any atom is 0.410 e. The lowest BCUT2D eigenvalue weighted by Gasteiger charge is -2.38. The molecule has 2 atom stereocenters. The van der Waals surface area contributed by atoms with Gasteiger partial charge < -0.3 is 20.5 Å². The van der Waals surface area contributed by atoms with Crippen LogP contribution in [-0.2, 0) is 9.53 Å². The highest BCUT2D eigenvalue weighted by atomic mass is 16.6. The summed E-state index contributed by atoms with van der Waals surface area (Å²) in [7, 11) is 0. The third-order valence-electron chi connectivity index (χ3n) is 3.12. The van der Waals surface area contributed by atoms with E-state index < -0.39 is 11.6 Å². The summed E-state index contributed by atoms with van der Waals surface area (Å²) in [6.45, 7) is 9.42. The Morgan fingerprint density at radius 1 is 1.41 bits per heavy atom. The molecule has 0 bridgehead atoms. The van der Waals surface area contributed by atoms with Gasteiger partial charge in [-0.15, -0.1) is 0 Å². The van der Waals surface area contributed by atoms with E-state index in [0.29, 0.717) is 18.9 Å². The van der Waals surface area contributed by atoms with Crippen LogP contribution in [0.5, 0.6) is 0 Å². The van der Waals surface area contributed by atoms with Crippen LogP contribution >= 0.6 is 0 Å². The summed E-state index contributed by atoms with van der Waals surface area (Å²) in [4.78, 5) is 22.8. The maximum absolute atomic E-state index is 12.0. The van der Waals surface area contributed by atoms with Crippen LogP contribution in [0.3, 0.4) is 0 Å². The third-order valence-corrected chi connectivity index (χ3v) is 3.12. The number of hydrogen-bond acceptors (Lipinski definition) is 4. The van der Waals surface area contributed by atoms with Crippen LogP contribution in [-0.4, -0.2) is 46.1 Å². The van der Waals surface area contributed by atoms with Crippen molar-refractivity contribution < 1.29 is 19.4 Å². The quantitative estimate of drug-likeness (QED) is 0.534. The zero-order valence-corrected chi connectivity index (χ0v) is 14.2. The van der Waals surface area contributed by atoms with Crippen molar-refractivity contribution in [1.29, 1.82) is 5.41 Å². The Balaban J connectivity index is 0.000000980. The fourth-order valence-corrected chi connectivity index (χ4v) is 2.36. The fraction of sp³-hybridized carbons (Fsp3) is 0.800. The van der Waals surface area contributed by atoms with E-state index in [-0.39, 0.29) is 18.0 Å². The molecule has 7 heteroatoms. The second-order valence-corrected chi connectivity index (χ2v) is 6.66. The largest absolute Gasteiger partial charge is 0.481 e. The molecule has 2 unspecified atom stereocenters. The van der Waals surface area contributed by atoms with Crippen LogP contribution in [0.2, 0.25) is 0 Å². The van der Waals surface area contributed by atoms with Gasteiger partial charge in [-0.3, -0.25) is 10.2 Å². The van der Waals surface area contributed by atoms with Crippen molar-refractivity contribution in [2.45, 2.75) is 65.5 Å². The van der Waals surface area contributed by atoms with E-state index in [4.69, 9.17) is 25.8 Å². The molecule has 1 aliphatic rings. The van der Waals surface area contributed by atoms with Gasteiger partial charge in [-0.2, -0.15) is 0 Å². The van der Waals surface area contributed by atoms with Gasteiger partial charge >= 0.3 is 6.09 Å². The predicted octanol–water partition coefficient (Wildman–Crippen LogP) is 2.44. The highest BCUT2D eigenvalue weighted by Crippen LogP contribution is 2.26. The number of piperidine rings is 1. The molecule has 1 fully saturated rings. The first kappa shape index (κ1) is 20.2. The van der Waals surface area contributed by atoms with E-state index in [1.165, 1.54) is 0 Å². The maximum atomic E-state index is 12.0. The minimum absolute atomic E-state index is 0.151. The molecule has 0 spiro atoms. The van der Waals surface area contributed by atoms with Gasteiger partial charge in [-0.25, -0.2) is 4.79 Å². The smallest absolute Gasteiger partial charge is 0.410 e. The molecule has 1 saturated heterocycles. The summed E-state index contributed by atoms with van der Waals surface area (Å²) in [5.74, 6) is -0.186. The summed E-state index contributed by atoms with van der Waals surface area (Å²) < 4.78 is 5.38. The lowest BCUT2D eigenvalue weighted by atomic mass is 9.89. The average Bonchev–Trinajstić information content (AvgIpc) is 2.24. The second-order valence-electron chi connectivity index (χ2n) is 6.66. The van der Waals surface area contributed by atoms with Crippen molar-refractivity contribution in [1.82, 2.24) is 4.90 Å². The fourth-order valence-electron chi connectivity index (χ4n) is 2.36. The highest BCUT2D eigenvalue weighted by molar-refractivity contribution is 5.77. The van der Waals surface area contributed by atoms with Gasteiger partial charge in [0.25, 0.3) is 5.97 Å². The first-order valence-corrected chi connectivity index (χ1v) is 7.44. The first-order valence-electron chi connectivity index (χ1n) is 7.44. The Kier molecular flexibility index (Phi) is 7.90. The number of nitrogens with two attached hydrogens (primary N) is 1. The summed E-state index contributed by atoms with van der Waals surface area (Å²) >= 11 is 0. The van der Waals surface area contributed by atoms with Gasteiger partial charge in [0, 0.05) is 25.9 Å². The molecule has 0 aromatic heterocycles. The third kappa shape index (κ3) is 9.20. The van der Waals surface area contributed by atoms with Crippen LogP contribution < -0.4 is 5.73 Å². The predicted molar refractivity (Wildman–Crippen MR) is 85.0 cm³/mol. The lowest BCUT2D eigenvalue weighted by molar-refractivity contribution is -0.134. The molecule has 1 rings (SSSR count). The topological polar surface area (TPSA) is 117 Å². The first-order chi connectivity index (χ1) is 9.92. The summed E-state index contributed by atoms with van der Waals surface area (Å²) in [6, 6.07) is 0.151. The normalized spacial score (nSPS) is 21.4. The molecule has 0 radical (unpaired) electrons. The number of likely N-dealkylation sites (tertiary alicyclic amines) is 1. The van der Waals surface area contributed by atoms with Crippen LogP contribution in [0, 0.1) is 11.3 Å². The Bertz CT molecular complexity index is 400. The number of carboxylic acids is 1. The number of ether oxygens (including phenoxy) is 1. The number of carboxylic acid groups (broad SMARTS) is 1. The molecule has 0 saturated carbocycles. The molecular weight excluding hydrogens is 286 g/mol. The van der Waals surface area contributed by atoms with Crippen LogP contribution in [0.1, 0.15) is 53.9 Å². The van der Waals surface area contributed by atoms with Crippen LogP contribution in [0.15, 0.2) is 0 Å². The van der Waals surface area contributed by atoms with Gasteiger partial charge in [0.05, 0.1) is 5.84 Å². The molecule has 0 aromatic carbocycles. The molecule has 1 aliphatic heterocycles.